The zero-order chi connectivity index (χ0) is 17.4. The fourth-order valence-corrected chi connectivity index (χ4v) is 2.62. The number of nitrogens with two attached hydrogens (primary N) is 1. The van der Waals surface area contributed by atoms with Crippen molar-refractivity contribution in [1.82, 2.24) is 5.32 Å². The van der Waals surface area contributed by atoms with Gasteiger partial charge >= 0.3 is 5.97 Å². The molecule has 0 aliphatic carbocycles. The summed E-state index contributed by atoms with van der Waals surface area (Å²) in [5, 5.41) is 12.0. The predicted molar refractivity (Wildman–Crippen MR) is 99.8 cm³/mol. The summed E-state index contributed by atoms with van der Waals surface area (Å²) in [6, 6.07) is 17.7. The molecule has 0 fully saturated rings. The van der Waals surface area contributed by atoms with Gasteiger partial charge in [-0.05, 0) is 30.5 Å². The quantitative estimate of drug-likeness (QED) is 0.672. The number of hydrogen-bond donors (Lipinski definition) is 3. The second-order valence-electron chi connectivity index (χ2n) is 5.58. The van der Waals surface area contributed by atoms with E-state index in [9.17, 15) is 14.7 Å². The predicted octanol–water partition coefficient (Wildman–Crippen LogP) is 2.55. The molecule has 0 heterocycles. The van der Waals surface area contributed by atoms with Crippen LogP contribution in [0.1, 0.15) is 29.9 Å². The van der Waals surface area contributed by atoms with E-state index in [0.29, 0.717) is 19.4 Å². The van der Waals surface area contributed by atoms with Gasteiger partial charge in [-0.3, -0.25) is 4.79 Å². The second kappa shape index (κ2) is 10.5. The summed E-state index contributed by atoms with van der Waals surface area (Å²) in [5.41, 5.74) is 7.09. The summed E-state index contributed by atoms with van der Waals surface area (Å²) >= 11 is 0. The highest BCUT2D eigenvalue weighted by atomic mass is 35.5. The van der Waals surface area contributed by atoms with Crippen molar-refractivity contribution in [3.05, 3.63) is 71.8 Å². The Morgan fingerprint density at radius 3 is 1.84 bits per heavy atom. The van der Waals surface area contributed by atoms with Crippen molar-refractivity contribution < 1.29 is 14.7 Å². The molecule has 6 heteroatoms. The van der Waals surface area contributed by atoms with E-state index < -0.39 is 17.9 Å². The van der Waals surface area contributed by atoms with Gasteiger partial charge in [-0.15, -0.1) is 12.4 Å². The summed E-state index contributed by atoms with van der Waals surface area (Å²) in [4.78, 5) is 24.2. The maximum absolute atomic E-state index is 12.8. The monoisotopic (exact) mass is 362 g/mol. The first-order valence-corrected chi connectivity index (χ1v) is 7.96. The molecule has 0 aliphatic heterocycles. The zero-order valence-electron chi connectivity index (χ0n) is 13.8. The fraction of sp³-hybridized carbons (Fsp3) is 0.263. The lowest BCUT2D eigenvalue weighted by molar-refractivity contribution is -0.142. The van der Waals surface area contributed by atoms with E-state index in [1.807, 2.05) is 60.7 Å². The molecule has 25 heavy (non-hydrogen) atoms. The Morgan fingerprint density at radius 2 is 1.44 bits per heavy atom. The standard InChI is InChI=1S/C19H22N2O3.ClH/c20-13-7-12-16(19(23)24)21-18(22)17(14-8-3-1-4-9-14)15-10-5-2-6-11-15;/h1-6,8-11,16-17H,7,12-13,20H2,(H,21,22)(H,23,24);1H/t16-;/m0./s1. The van der Waals surface area contributed by atoms with E-state index in [0.717, 1.165) is 11.1 Å². The summed E-state index contributed by atoms with van der Waals surface area (Å²) in [7, 11) is 0. The largest absolute Gasteiger partial charge is 0.480 e. The highest BCUT2D eigenvalue weighted by Gasteiger charge is 2.27. The van der Waals surface area contributed by atoms with Gasteiger partial charge < -0.3 is 16.2 Å². The number of rotatable bonds is 8. The van der Waals surface area contributed by atoms with Crippen molar-refractivity contribution >= 4 is 24.3 Å². The summed E-state index contributed by atoms with van der Waals surface area (Å²) in [6.07, 6.45) is 0.854. The molecule has 2 aromatic rings. The molecule has 134 valence electrons. The average molecular weight is 363 g/mol. The lowest BCUT2D eigenvalue weighted by Crippen LogP contribution is -2.43. The number of carboxylic acid groups (broad SMARTS) is 1. The molecule has 0 bridgehead atoms. The number of halogens is 1. The van der Waals surface area contributed by atoms with Gasteiger partial charge in [0.1, 0.15) is 6.04 Å². The van der Waals surface area contributed by atoms with Crippen LogP contribution in [0.15, 0.2) is 60.7 Å². The van der Waals surface area contributed by atoms with Crippen LogP contribution >= 0.6 is 12.4 Å². The molecule has 2 aromatic carbocycles. The van der Waals surface area contributed by atoms with E-state index in [1.165, 1.54) is 0 Å². The number of benzene rings is 2. The van der Waals surface area contributed by atoms with Crippen LogP contribution in [-0.4, -0.2) is 29.6 Å². The maximum Gasteiger partial charge on any atom is 0.326 e. The first-order valence-electron chi connectivity index (χ1n) is 7.96. The van der Waals surface area contributed by atoms with Gasteiger partial charge in [0.2, 0.25) is 5.91 Å². The van der Waals surface area contributed by atoms with Crippen LogP contribution in [0.25, 0.3) is 0 Å². The van der Waals surface area contributed by atoms with Crippen molar-refractivity contribution in [2.24, 2.45) is 5.73 Å². The van der Waals surface area contributed by atoms with Crippen LogP contribution in [-0.2, 0) is 9.59 Å². The highest BCUT2D eigenvalue weighted by molar-refractivity contribution is 5.90. The van der Waals surface area contributed by atoms with Gasteiger partial charge in [0, 0.05) is 0 Å². The molecule has 2 rings (SSSR count). The van der Waals surface area contributed by atoms with E-state index in [-0.39, 0.29) is 18.3 Å². The molecule has 0 aliphatic rings. The minimum Gasteiger partial charge on any atom is -0.480 e. The molecular weight excluding hydrogens is 340 g/mol. The van der Waals surface area contributed by atoms with Gasteiger partial charge in [-0.2, -0.15) is 0 Å². The normalized spacial score (nSPS) is 11.4. The first kappa shape index (κ1) is 20.7. The maximum atomic E-state index is 12.8. The van der Waals surface area contributed by atoms with Crippen molar-refractivity contribution in [2.45, 2.75) is 24.8 Å². The second-order valence-corrected chi connectivity index (χ2v) is 5.58. The zero-order valence-corrected chi connectivity index (χ0v) is 14.6. The van der Waals surface area contributed by atoms with Gasteiger partial charge in [-0.1, -0.05) is 60.7 Å². The van der Waals surface area contributed by atoms with Gasteiger partial charge in [0.15, 0.2) is 0 Å². The Morgan fingerprint density at radius 1 is 0.960 bits per heavy atom. The van der Waals surface area contributed by atoms with Crippen LogP contribution in [0.4, 0.5) is 0 Å². The molecule has 0 saturated heterocycles. The fourth-order valence-electron chi connectivity index (χ4n) is 2.62. The van der Waals surface area contributed by atoms with Crippen LogP contribution in [0.2, 0.25) is 0 Å². The minimum atomic E-state index is -1.04. The third-order valence-electron chi connectivity index (χ3n) is 3.84. The average Bonchev–Trinajstić information content (AvgIpc) is 2.60. The Labute approximate surface area is 153 Å². The van der Waals surface area contributed by atoms with Crippen LogP contribution in [0.3, 0.4) is 0 Å². The number of hydrogen-bond acceptors (Lipinski definition) is 3. The van der Waals surface area contributed by atoms with E-state index in [1.54, 1.807) is 0 Å². The molecule has 0 aromatic heterocycles. The third kappa shape index (κ3) is 5.89. The number of carboxylic acids is 1. The molecule has 1 amide bonds. The molecule has 0 unspecified atom stereocenters. The van der Waals surface area contributed by atoms with E-state index in [4.69, 9.17) is 5.73 Å². The lowest BCUT2D eigenvalue weighted by Gasteiger charge is -2.21. The van der Waals surface area contributed by atoms with Crippen molar-refractivity contribution in [3.8, 4) is 0 Å². The van der Waals surface area contributed by atoms with Gasteiger partial charge in [0.25, 0.3) is 0 Å². The molecular formula is C19H23ClN2O3. The van der Waals surface area contributed by atoms with Crippen LogP contribution in [0.5, 0.6) is 0 Å². The Hall–Kier alpha value is -2.37. The number of amides is 1. The van der Waals surface area contributed by atoms with Crippen molar-refractivity contribution in [1.29, 1.82) is 0 Å². The number of aliphatic carboxylic acids is 1. The molecule has 0 spiro atoms. The Kier molecular flexibility index (Phi) is 8.67. The topological polar surface area (TPSA) is 92.4 Å². The minimum absolute atomic E-state index is 0. The highest BCUT2D eigenvalue weighted by Crippen LogP contribution is 2.25. The van der Waals surface area contributed by atoms with Gasteiger partial charge in [-0.25, -0.2) is 4.79 Å². The third-order valence-corrected chi connectivity index (χ3v) is 3.84. The van der Waals surface area contributed by atoms with Crippen molar-refractivity contribution in [3.63, 3.8) is 0 Å². The smallest absolute Gasteiger partial charge is 0.326 e. The number of carbonyl (C=O) groups is 2. The summed E-state index contributed by atoms with van der Waals surface area (Å²) < 4.78 is 0. The molecule has 0 radical (unpaired) electrons. The Bertz CT molecular complexity index is 625. The van der Waals surface area contributed by atoms with Crippen molar-refractivity contribution in [2.75, 3.05) is 6.54 Å². The summed E-state index contributed by atoms with van der Waals surface area (Å²) in [5.74, 6) is -1.92. The Balaban J connectivity index is 0.00000312. The van der Waals surface area contributed by atoms with E-state index in [2.05, 4.69) is 5.32 Å². The SMILES string of the molecule is Cl.NCCC[C@H](NC(=O)C(c1ccccc1)c1ccccc1)C(=O)O. The number of carbonyl (C=O) groups excluding carboxylic acids is 1. The molecule has 4 N–H and O–H groups in total. The first-order chi connectivity index (χ1) is 11.6. The van der Waals surface area contributed by atoms with Gasteiger partial charge in [0.05, 0.1) is 5.92 Å². The number of nitrogens with one attached hydrogen (secondary N) is 1. The lowest BCUT2D eigenvalue weighted by atomic mass is 9.90. The van der Waals surface area contributed by atoms with Crippen LogP contribution < -0.4 is 11.1 Å². The van der Waals surface area contributed by atoms with Crippen LogP contribution in [0, 0.1) is 0 Å². The van der Waals surface area contributed by atoms with E-state index >= 15 is 0 Å². The summed E-state index contributed by atoms with van der Waals surface area (Å²) in [6.45, 7) is 0.389. The molecule has 0 saturated carbocycles. The molecule has 5 nitrogen and oxygen atoms in total. The molecule has 1 atom stereocenters.